The number of amides is 3. The number of hydroxylamine groups is 2. The van der Waals surface area contributed by atoms with Gasteiger partial charge in [-0.2, -0.15) is 0 Å². The van der Waals surface area contributed by atoms with Gasteiger partial charge >= 0.3 is 0 Å². The predicted molar refractivity (Wildman–Crippen MR) is 159 cm³/mol. The number of anilines is 1. The SMILES string of the molecule is COCCN(CC(N)=O)C(=O)CN(C(=O)CNc1cc2cccnc2c2ncccc12)C1CC(C)(C)N([O])C(C)(C)C1. The van der Waals surface area contributed by atoms with Crippen molar-refractivity contribution >= 4 is 45.2 Å². The van der Waals surface area contributed by atoms with E-state index in [2.05, 4.69) is 15.3 Å². The summed E-state index contributed by atoms with van der Waals surface area (Å²) < 4.78 is 5.11. The minimum absolute atomic E-state index is 0.102. The molecule has 1 radical (unpaired) electrons. The van der Waals surface area contributed by atoms with E-state index in [4.69, 9.17) is 10.5 Å². The lowest BCUT2D eigenvalue weighted by Crippen LogP contribution is -2.64. The third-order valence-corrected chi connectivity index (χ3v) is 7.79. The van der Waals surface area contributed by atoms with Gasteiger partial charge in [0.05, 0.1) is 30.7 Å². The van der Waals surface area contributed by atoms with Crippen molar-refractivity contribution in [1.82, 2.24) is 24.8 Å². The Kier molecular flexibility index (Phi) is 9.29. The molecule has 1 fully saturated rings. The molecule has 0 aliphatic carbocycles. The number of hydrogen-bond acceptors (Lipinski definition) is 8. The van der Waals surface area contributed by atoms with Crippen LogP contribution in [0.1, 0.15) is 40.5 Å². The van der Waals surface area contributed by atoms with Crippen LogP contribution in [-0.2, 0) is 24.3 Å². The van der Waals surface area contributed by atoms with Crippen LogP contribution in [0.4, 0.5) is 5.69 Å². The molecule has 12 nitrogen and oxygen atoms in total. The molecule has 2 aromatic heterocycles. The maximum Gasteiger partial charge on any atom is 0.242 e. The maximum atomic E-state index is 14.0. The molecule has 4 rings (SSSR count). The summed E-state index contributed by atoms with van der Waals surface area (Å²) in [5.74, 6) is -1.40. The van der Waals surface area contributed by atoms with Crippen LogP contribution in [0.3, 0.4) is 0 Å². The van der Waals surface area contributed by atoms with E-state index >= 15 is 0 Å². The normalized spacial score (nSPS) is 16.8. The predicted octanol–water partition coefficient (Wildman–Crippen LogP) is 2.35. The van der Waals surface area contributed by atoms with Gasteiger partial charge in [-0.1, -0.05) is 6.07 Å². The van der Waals surface area contributed by atoms with E-state index < -0.39 is 28.9 Å². The molecule has 0 bridgehead atoms. The van der Waals surface area contributed by atoms with Gasteiger partial charge in [-0.25, -0.2) is 0 Å². The number of aromatic nitrogens is 2. The molecule has 1 aromatic carbocycles. The number of piperidine rings is 1. The Bertz CT molecular complexity index is 1440. The number of pyridine rings is 2. The molecule has 3 aromatic rings. The molecule has 3 amide bonds. The number of nitrogens with one attached hydrogen (secondary N) is 1. The molecule has 42 heavy (non-hydrogen) atoms. The summed E-state index contributed by atoms with van der Waals surface area (Å²) in [6.45, 7) is 7.08. The zero-order chi connectivity index (χ0) is 30.7. The van der Waals surface area contributed by atoms with Crippen LogP contribution in [0.2, 0.25) is 0 Å². The number of methoxy groups -OCH3 is 1. The van der Waals surface area contributed by atoms with Crippen LogP contribution in [0.15, 0.2) is 42.7 Å². The first-order chi connectivity index (χ1) is 19.8. The van der Waals surface area contributed by atoms with Crippen molar-refractivity contribution in [3.05, 3.63) is 42.7 Å². The summed E-state index contributed by atoms with van der Waals surface area (Å²) in [6.07, 6.45) is 4.17. The number of nitrogens with zero attached hydrogens (tertiary/aromatic N) is 5. The fraction of sp³-hybridized carbons (Fsp3) is 0.500. The molecule has 0 saturated carbocycles. The molecule has 1 saturated heterocycles. The standard InChI is InChI=1S/C30H40N7O5/c1-29(2)15-21(16-30(3,4)37(29)41)36(19-26(40)35(12-13-42-5)18-24(31)38)25(39)17-34-23-14-20-8-6-10-32-27(20)28-22(23)9-7-11-33-28/h6-11,14,21,34H,12-13,15-19H2,1-5H3,(H2,31,38). The second-order valence-electron chi connectivity index (χ2n) is 12.0. The number of ether oxygens (including phenoxy) is 1. The van der Waals surface area contributed by atoms with Crippen molar-refractivity contribution in [2.45, 2.75) is 57.7 Å². The summed E-state index contributed by atoms with van der Waals surface area (Å²) in [6, 6.07) is 9.04. The summed E-state index contributed by atoms with van der Waals surface area (Å²) in [7, 11) is 1.50. The number of carbonyl (C=O) groups is 3. The highest BCUT2D eigenvalue weighted by Crippen LogP contribution is 2.39. The van der Waals surface area contributed by atoms with E-state index in [1.165, 1.54) is 16.9 Å². The van der Waals surface area contributed by atoms with Crippen molar-refractivity contribution in [1.29, 1.82) is 0 Å². The molecule has 12 heteroatoms. The van der Waals surface area contributed by atoms with E-state index in [1.807, 2.05) is 58.0 Å². The van der Waals surface area contributed by atoms with Crippen molar-refractivity contribution in [2.75, 3.05) is 45.2 Å². The lowest BCUT2D eigenvalue weighted by atomic mass is 9.78. The number of fused-ring (bicyclic) bond motifs is 3. The Labute approximate surface area is 245 Å². The average Bonchev–Trinajstić information content (AvgIpc) is 2.94. The quantitative estimate of drug-likeness (QED) is 0.329. The Hall–Kier alpha value is -3.87. The summed E-state index contributed by atoms with van der Waals surface area (Å²) >= 11 is 0. The van der Waals surface area contributed by atoms with Gasteiger partial charge in [0, 0.05) is 59.6 Å². The van der Waals surface area contributed by atoms with Crippen molar-refractivity contribution in [3.63, 3.8) is 0 Å². The zero-order valence-electron chi connectivity index (χ0n) is 24.9. The molecule has 3 N–H and O–H groups in total. The zero-order valence-corrected chi connectivity index (χ0v) is 24.9. The molecule has 225 valence electrons. The van der Waals surface area contributed by atoms with Gasteiger partial charge in [-0.15, -0.1) is 10.3 Å². The van der Waals surface area contributed by atoms with Crippen molar-refractivity contribution in [3.8, 4) is 0 Å². The summed E-state index contributed by atoms with van der Waals surface area (Å²) in [4.78, 5) is 51.0. The van der Waals surface area contributed by atoms with Gasteiger partial charge in [0.15, 0.2) is 0 Å². The van der Waals surface area contributed by atoms with Crippen LogP contribution in [-0.4, -0.2) is 99.6 Å². The molecular formula is C30H40N7O5. The Balaban J connectivity index is 1.64. The first-order valence-electron chi connectivity index (χ1n) is 14.0. The Morgan fingerprint density at radius 3 is 2.31 bits per heavy atom. The van der Waals surface area contributed by atoms with E-state index in [9.17, 15) is 19.6 Å². The monoisotopic (exact) mass is 578 g/mol. The summed E-state index contributed by atoms with van der Waals surface area (Å²) in [5.41, 5.74) is 6.06. The molecule has 1 aliphatic rings. The minimum atomic E-state index is -0.766. The average molecular weight is 579 g/mol. The van der Waals surface area contributed by atoms with E-state index in [1.54, 1.807) is 12.4 Å². The van der Waals surface area contributed by atoms with Crippen LogP contribution in [0.25, 0.3) is 21.8 Å². The first kappa shape index (κ1) is 31.1. The fourth-order valence-electron chi connectivity index (χ4n) is 5.97. The summed E-state index contributed by atoms with van der Waals surface area (Å²) in [5, 5.41) is 19.1. The van der Waals surface area contributed by atoms with Crippen molar-refractivity contribution < 1.29 is 24.3 Å². The number of primary amides is 1. The molecule has 0 atom stereocenters. The molecule has 3 heterocycles. The van der Waals surface area contributed by atoms with E-state index in [0.29, 0.717) is 24.0 Å². The van der Waals surface area contributed by atoms with Crippen LogP contribution < -0.4 is 11.1 Å². The molecule has 1 aliphatic heterocycles. The second-order valence-corrected chi connectivity index (χ2v) is 12.0. The molecule has 0 unspecified atom stereocenters. The molecular weight excluding hydrogens is 538 g/mol. The minimum Gasteiger partial charge on any atom is -0.383 e. The van der Waals surface area contributed by atoms with Gasteiger partial charge in [-0.05, 0) is 64.8 Å². The van der Waals surface area contributed by atoms with Gasteiger partial charge < -0.3 is 25.6 Å². The van der Waals surface area contributed by atoms with Crippen LogP contribution in [0, 0.1) is 0 Å². The maximum absolute atomic E-state index is 14.0. The third-order valence-electron chi connectivity index (χ3n) is 7.79. The van der Waals surface area contributed by atoms with E-state index in [-0.39, 0.29) is 38.7 Å². The number of hydrogen-bond donors (Lipinski definition) is 2. The van der Waals surface area contributed by atoms with Crippen molar-refractivity contribution in [2.24, 2.45) is 5.73 Å². The van der Waals surface area contributed by atoms with Gasteiger partial charge in [0.1, 0.15) is 6.54 Å². The highest BCUT2D eigenvalue weighted by Gasteiger charge is 2.48. The second kappa shape index (κ2) is 12.6. The fourth-order valence-corrected chi connectivity index (χ4v) is 5.97. The number of rotatable bonds is 11. The van der Waals surface area contributed by atoms with Gasteiger partial charge in [0.2, 0.25) is 17.7 Å². The smallest absolute Gasteiger partial charge is 0.242 e. The first-order valence-corrected chi connectivity index (χ1v) is 14.0. The third kappa shape index (κ3) is 6.77. The number of carbonyl (C=O) groups excluding carboxylic acids is 3. The lowest BCUT2D eigenvalue weighted by Gasteiger charge is -2.52. The Morgan fingerprint density at radius 2 is 1.67 bits per heavy atom. The van der Waals surface area contributed by atoms with Gasteiger partial charge in [0.25, 0.3) is 0 Å². The lowest BCUT2D eigenvalue weighted by molar-refractivity contribution is -0.293. The largest absolute Gasteiger partial charge is 0.383 e. The van der Waals surface area contributed by atoms with E-state index in [0.717, 1.165) is 21.4 Å². The Morgan fingerprint density at radius 1 is 1.02 bits per heavy atom. The van der Waals surface area contributed by atoms with Crippen LogP contribution >= 0.6 is 0 Å². The highest BCUT2D eigenvalue weighted by atomic mass is 16.5. The molecule has 0 spiro atoms. The topological polar surface area (TPSA) is 154 Å². The number of nitrogens with two attached hydrogens (primary N) is 1. The van der Waals surface area contributed by atoms with Crippen LogP contribution in [0.5, 0.6) is 0 Å². The van der Waals surface area contributed by atoms with Gasteiger partial charge in [-0.3, -0.25) is 24.4 Å². The number of benzene rings is 1. The highest BCUT2D eigenvalue weighted by molar-refractivity contribution is 6.09.